The zero-order valence-corrected chi connectivity index (χ0v) is 13.7. The van der Waals surface area contributed by atoms with Crippen LogP contribution in [0.2, 0.25) is 0 Å². The first-order valence-electron chi connectivity index (χ1n) is 6.14. The second kappa shape index (κ2) is 6.39. The van der Waals surface area contributed by atoms with Crippen molar-refractivity contribution in [3.05, 3.63) is 64.1 Å². The molecule has 0 radical (unpaired) electrons. The third kappa shape index (κ3) is 3.70. The Kier molecular flexibility index (Phi) is 4.78. The fraction of sp³-hybridized carbons (Fsp3) is 0.133. The Bertz CT molecular complexity index is 763. The summed E-state index contributed by atoms with van der Waals surface area (Å²) in [6, 6.07) is 15.4. The zero-order valence-electron chi connectivity index (χ0n) is 11.3. The van der Waals surface area contributed by atoms with Crippen molar-refractivity contribution in [1.82, 2.24) is 4.31 Å². The molecule has 0 N–H and O–H groups in total. The average molecular weight is 365 g/mol. The van der Waals surface area contributed by atoms with Gasteiger partial charge in [-0.15, -0.1) is 0 Å². The van der Waals surface area contributed by atoms with Gasteiger partial charge in [0.25, 0.3) is 0 Å². The smallest absolute Gasteiger partial charge is 0.207 e. The number of nitriles is 1. The van der Waals surface area contributed by atoms with E-state index in [-0.39, 0.29) is 11.4 Å². The molecule has 0 fully saturated rings. The van der Waals surface area contributed by atoms with Gasteiger partial charge in [0.1, 0.15) is 0 Å². The summed E-state index contributed by atoms with van der Waals surface area (Å²) < 4.78 is 27.0. The number of benzene rings is 2. The van der Waals surface area contributed by atoms with Gasteiger partial charge in [-0.2, -0.15) is 9.57 Å². The van der Waals surface area contributed by atoms with Crippen molar-refractivity contribution in [2.45, 2.75) is 11.4 Å². The largest absolute Gasteiger partial charge is 0.243 e. The molecule has 0 spiro atoms. The maximum absolute atomic E-state index is 12.4. The summed E-state index contributed by atoms with van der Waals surface area (Å²) >= 11 is 3.28. The van der Waals surface area contributed by atoms with Crippen LogP contribution in [0.3, 0.4) is 0 Å². The lowest BCUT2D eigenvalue weighted by Gasteiger charge is -2.17. The van der Waals surface area contributed by atoms with Crippen LogP contribution < -0.4 is 0 Å². The highest BCUT2D eigenvalue weighted by atomic mass is 79.9. The molecule has 0 aliphatic rings. The van der Waals surface area contributed by atoms with Gasteiger partial charge >= 0.3 is 0 Å². The highest BCUT2D eigenvalue weighted by Crippen LogP contribution is 2.19. The first kappa shape index (κ1) is 15.7. The fourth-order valence-corrected chi connectivity index (χ4v) is 3.24. The summed E-state index contributed by atoms with van der Waals surface area (Å²) in [5.41, 5.74) is 1.38. The number of halogens is 1. The summed E-state index contributed by atoms with van der Waals surface area (Å²) in [6.07, 6.45) is 0. The Balaban J connectivity index is 2.20. The van der Waals surface area contributed by atoms with Crippen molar-refractivity contribution < 1.29 is 8.42 Å². The normalized spacial score (nSPS) is 11.3. The molecule has 0 saturated carbocycles. The molecule has 0 bridgehead atoms. The first-order valence-corrected chi connectivity index (χ1v) is 8.38. The Labute approximate surface area is 132 Å². The van der Waals surface area contributed by atoms with E-state index in [2.05, 4.69) is 15.9 Å². The molecule has 0 amide bonds. The number of hydrogen-bond acceptors (Lipinski definition) is 3. The lowest BCUT2D eigenvalue weighted by molar-refractivity contribution is 0.466. The predicted molar refractivity (Wildman–Crippen MR) is 84.0 cm³/mol. The van der Waals surface area contributed by atoms with Crippen molar-refractivity contribution >= 4 is 26.0 Å². The Morgan fingerprint density at radius 3 is 2.19 bits per heavy atom. The summed E-state index contributed by atoms with van der Waals surface area (Å²) in [5, 5.41) is 8.75. The minimum Gasteiger partial charge on any atom is -0.207 e. The van der Waals surface area contributed by atoms with Crippen molar-refractivity contribution in [3.8, 4) is 6.07 Å². The molecule has 0 aliphatic carbocycles. The second-order valence-electron chi connectivity index (χ2n) is 4.52. The maximum Gasteiger partial charge on any atom is 0.243 e. The van der Waals surface area contributed by atoms with Crippen LogP contribution in [0.4, 0.5) is 0 Å². The Morgan fingerprint density at radius 1 is 1.10 bits per heavy atom. The van der Waals surface area contributed by atoms with E-state index in [1.807, 2.05) is 6.07 Å². The van der Waals surface area contributed by atoms with E-state index in [1.165, 1.54) is 11.4 Å². The van der Waals surface area contributed by atoms with Gasteiger partial charge in [0.05, 0.1) is 16.5 Å². The Morgan fingerprint density at radius 2 is 1.67 bits per heavy atom. The van der Waals surface area contributed by atoms with Gasteiger partial charge in [-0.3, -0.25) is 0 Å². The molecular weight excluding hydrogens is 352 g/mol. The van der Waals surface area contributed by atoms with Crippen LogP contribution in [0.25, 0.3) is 0 Å². The van der Waals surface area contributed by atoms with E-state index in [4.69, 9.17) is 5.26 Å². The number of sulfonamides is 1. The van der Waals surface area contributed by atoms with E-state index in [0.29, 0.717) is 5.56 Å². The topological polar surface area (TPSA) is 61.2 Å². The highest BCUT2D eigenvalue weighted by molar-refractivity contribution is 9.10. The molecule has 0 atom stereocenters. The molecule has 2 aromatic rings. The summed E-state index contributed by atoms with van der Waals surface area (Å²) in [4.78, 5) is 0.252. The third-order valence-corrected chi connectivity index (χ3v) is 5.36. The molecule has 0 heterocycles. The van der Waals surface area contributed by atoms with Gasteiger partial charge in [0.2, 0.25) is 10.0 Å². The molecule has 0 aromatic heterocycles. The molecule has 21 heavy (non-hydrogen) atoms. The molecule has 2 aromatic carbocycles. The van der Waals surface area contributed by atoms with Crippen molar-refractivity contribution in [2.75, 3.05) is 7.05 Å². The van der Waals surface area contributed by atoms with Crippen molar-refractivity contribution in [2.24, 2.45) is 0 Å². The van der Waals surface area contributed by atoms with Crippen LogP contribution in [0.15, 0.2) is 57.9 Å². The van der Waals surface area contributed by atoms with Crippen LogP contribution in [-0.4, -0.2) is 19.8 Å². The number of hydrogen-bond donors (Lipinski definition) is 0. The van der Waals surface area contributed by atoms with Crippen LogP contribution in [0, 0.1) is 11.3 Å². The standard InChI is InChI=1S/C15H13BrN2O2S/c1-18(11-13-4-2-12(10-17)3-5-13)21(19,20)15-8-6-14(16)7-9-15/h2-9H,11H2,1H3. The number of rotatable bonds is 4. The molecule has 2 rings (SSSR count). The molecule has 108 valence electrons. The fourth-order valence-electron chi connectivity index (χ4n) is 1.81. The summed E-state index contributed by atoms with van der Waals surface area (Å²) in [5.74, 6) is 0. The number of nitrogens with zero attached hydrogens (tertiary/aromatic N) is 2. The van der Waals surface area contributed by atoms with E-state index in [1.54, 1.807) is 48.5 Å². The van der Waals surface area contributed by atoms with Gasteiger partial charge in [-0.05, 0) is 42.0 Å². The van der Waals surface area contributed by atoms with Crippen molar-refractivity contribution in [3.63, 3.8) is 0 Å². The highest BCUT2D eigenvalue weighted by Gasteiger charge is 2.20. The molecule has 6 heteroatoms. The second-order valence-corrected chi connectivity index (χ2v) is 7.48. The van der Waals surface area contributed by atoms with E-state index >= 15 is 0 Å². The van der Waals surface area contributed by atoms with Crippen LogP contribution in [0.1, 0.15) is 11.1 Å². The zero-order chi connectivity index (χ0) is 15.5. The van der Waals surface area contributed by atoms with Gasteiger partial charge in [0, 0.05) is 18.1 Å². The minimum atomic E-state index is -3.52. The SMILES string of the molecule is CN(Cc1ccc(C#N)cc1)S(=O)(=O)c1ccc(Br)cc1. The van der Waals surface area contributed by atoms with E-state index in [9.17, 15) is 8.42 Å². The average Bonchev–Trinajstić information content (AvgIpc) is 2.48. The van der Waals surface area contributed by atoms with Gasteiger partial charge in [-0.25, -0.2) is 8.42 Å². The first-order chi connectivity index (χ1) is 9.93. The summed E-state index contributed by atoms with van der Waals surface area (Å²) in [6.45, 7) is 0.254. The predicted octanol–water partition coefficient (Wildman–Crippen LogP) is 3.14. The monoisotopic (exact) mass is 364 g/mol. The molecule has 0 saturated heterocycles. The molecule has 0 unspecified atom stereocenters. The lowest BCUT2D eigenvalue weighted by atomic mass is 10.1. The summed E-state index contributed by atoms with van der Waals surface area (Å²) in [7, 11) is -1.98. The van der Waals surface area contributed by atoms with Gasteiger partial charge in [0.15, 0.2) is 0 Å². The quantitative estimate of drug-likeness (QED) is 0.836. The third-order valence-electron chi connectivity index (χ3n) is 3.01. The van der Waals surface area contributed by atoms with E-state index in [0.717, 1.165) is 10.0 Å². The lowest BCUT2D eigenvalue weighted by Crippen LogP contribution is -2.26. The minimum absolute atomic E-state index is 0.252. The Hall–Kier alpha value is -1.68. The van der Waals surface area contributed by atoms with Gasteiger partial charge < -0.3 is 0 Å². The molecular formula is C15H13BrN2O2S. The van der Waals surface area contributed by atoms with Crippen LogP contribution in [-0.2, 0) is 16.6 Å². The molecule has 0 aliphatic heterocycles. The van der Waals surface area contributed by atoms with Crippen LogP contribution in [0.5, 0.6) is 0 Å². The van der Waals surface area contributed by atoms with Crippen molar-refractivity contribution in [1.29, 1.82) is 5.26 Å². The van der Waals surface area contributed by atoms with Gasteiger partial charge in [-0.1, -0.05) is 28.1 Å². The molecule has 4 nitrogen and oxygen atoms in total. The van der Waals surface area contributed by atoms with Crippen LogP contribution >= 0.6 is 15.9 Å². The maximum atomic E-state index is 12.4. The van der Waals surface area contributed by atoms with E-state index < -0.39 is 10.0 Å².